The highest BCUT2D eigenvalue weighted by Crippen LogP contribution is 2.35. The number of hydrogen-bond acceptors (Lipinski definition) is 2. The fraction of sp³-hybridized carbons (Fsp3) is 0. The molecule has 3 aromatic carbocycles. The number of fused-ring (bicyclic) bond motifs is 3. The molecule has 0 amide bonds. The number of carbonyl (C=O) groups is 1. The van der Waals surface area contributed by atoms with Crippen molar-refractivity contribution in [2.24, 2.45) is 0 Å². The maximum atomic E-state index is 11.7. The van der Waals surface area contributed by atoms with Crippen LogP contribution in [0.2, 0.25) is 0 Å². The molecular weight excluding hydrogens is 380 g/mol. The fourth-order valence-corrected chi connectivity index (χ4v) is 3.66. The summed E-state index contributed by atoms with van der Waals surface area (Å²) in [7, 11) is 0. The zero-order chi connectivity index (χ0) is 17.6. The van der Waals surface area contributed by atoms with Gasteiger partial charge in [-0.25, -0.2) is 4.79 Å². The van der Waals surface area contributed by atoms with Crippen LogP contribution in [0.5, 0.6) is 0 Å². The zero-order valence-corrected chi connectivity index (χ0v) is 14.5. The molecule has 1 N–H and O–H groups in total. The van der Waals surface area contributed by atoms with Crippen molar-refractivity contribution >= 4 is 43.7 Å². The molecular formula is C20H11BrN2O2. The van der Waals surface area contributed by atoms with Gasteiger partial charge in [0.2, 0.25) is 0 Å². The summed E-state index contributed by atoms with van der Waals surface area (Å²) in [6.07, 6.45) is 0. The average Bonchev–Trinajstić information content (AvgIpc) is 2.96. The van der Waals surface area contributed by atoms with Crippen molar-refractivity contribution in [3.05, 3.63) is 76.3 Å². The van der Waals surface area contributed by atoms with Crippen molar-refractivity contribution in [2.75, 3.05) is 0 Å². The van der Waals surface area contributed by atoms with Crippen molar-refractivity contribution in [1.29, 1.82) is 5.26 Å². The molecule has 0 saturated heterocycles. The number of carboxylic acid groups (broad SMARTS) is 1. The summed E-state index contributed by atoms with van der Waals surface area (Å²) in [4.78, 5) is 11.7. The Hall–Kier alpha value is -3.10. The molecule has 1 heterocycles. The minimum atomic E-state index is -0.950. The number of aromatic nitrogens is 1. The molecule has 0 unspecified atom stereocenters. The summed E-state index contributed by atoms with van der Waals surface area (Å²) in [6.45, 7) is 0. The van der Waals surface area contributed by atoms with Gasteiger partial charge in [0.1, 0.15) is 6.07 Å². The van der Waals surface area contributed by atoms with E-state index < -0.39 is 5.97 Å². The van der Waals surface area contributed by atoms with Crippen LogP contribution >= 0.6 is 15.9 Å². The van der Waals surface area contributed by atoms with Crippen LogP contribution < -0.4 is 0 Å². The molecule has 0 spiro atoms. The first-order valence-electron chi connectivity index (χ1n) is 7.57. The van der Waals surface area contributed by atoms with Crippen LogP contribution in [-0.2, 0) is 0 Å². The molecule has 120 valence electrons. The van der Waals surface area contributed by atoms with Crippen LogP contribution in [0.3, 0.4) is 0 Å². The first-order valence-corrected chi connectivity index (χ1v) is 8.36. The monoisotopic (exact) mass is 390 g/mol. The molecule has 0 aliphatic heterocycles. The van der Waals surface area contributed by atoms with Crippen LogP contribution in [0.4, 0.5) is 0 Å². The first kappa shape index (κ1) is 15.4. The van der Waals surface area contributed by atoms with Crippen LogP contribution in [0.1, 0.15) is 15.9 Å². The predicted molar refractivity (Wildman–Crippen MR) is 100 cm³/mol. The number of rotatable bonds is 2. The van der Waals surface area contributed by atoms with Gasteiger partial charge in [0.25, 0.3) is 0 Å². The Bertz CT molecular complexity index is 1200. The lowest BCUT2D eigenvalue weighted by Gasteiger charge is -2.09. The number of aromatic carboxylic acids is 1. The summed E-state index contributed by atoms with van der Waals surface area (Å²) in [5.74, 6) is -0.950. The Labute approximate surface area is 151 Å². The molecule has 0 aliphatic rings. The highest BCUT2D eigenvalue weighted by molar-refractivity contribution is 9.10. The second-order valence-electron chi connectivity index (χ2n) is 5.63. The average molecular weight is 391 g/mol. The zero-order valence-electron chi connectivity index (χ0n) is 12.9. The summed E-state index contributed by atoms with van der Waals surface area (Å²) in [6, 6.07) is 20.6. The van der Waals surface area contributed by atoms with E-state index in [-0.39, 0.29) is 5.56 Å². The fourth-order valence-electron chi connectivity index (χ4n) is 3.21. The highest BCUT2D eigenvalue weighted by Gasteiger charge is 2.18. The van der Waals surface area contributed by atoms with Gasteiger partial charge < -0.3 is 9.67 Å². The van der Waals surface area contributed by atoms with Gasteiger partial charge in [0.15, 0.2) is 0 Å². The summed E-state index contributed by atoms with van der Waals surface area (Å²) >= 11 is 3.43. The number of hydrogen-bond donors (Lipinski definition) is 1. The number of carboxylic acids is 1. The maximum Gasteiger partial charge on any atom is 0.336 e. The van der Waals surface area contributed by atoms with Crippen LogP contribution in [-0.4, -0.2) is 15.6 Å². The molecule has 25 heavy (non-hydrogen) atoms. The van der Waals surface area contributed by atoms with Gasteiger partial charge in [0.05, 0.1) is 22.2 Å². The van der Waals surface area contributed by atoms with Gasteiger partial charge in [0, 0.05) is 20.9 Å². The lowest BCUT2D eigenvalue weighted by Crippen LogP contribution is -1.98. The minimum Gasteiger partial charge on any atom is -0.478 e. The smallest absolute Gasteiger partial charge is 0.336 e. The number of para-hydroxylation sites is 1. The first-order chi connectivity index (χ1) is 12.1. The van der Waals surface area contributed by atoms with E-state index >= 15 is 0 Å². The molecule has 4 nitrogen and oxygen atoms in total. The standard InChI is InChI=1S/C20H11BrN2O2/c21-16-10-13(9-8-12(16)11-22)23-17-6-2-1-4-14(17)19-15(20(24)25)5-3-7-18(19)23/h1-10H,(H,24,25). The van der Waals surface area contributed by atoms with Gasteiger partial charge in [-0.2, -0.15) is 5.26 Å². The van der Waals surface area contributed by atoms with Crippen molar-refractivity contribution in [3.8, 4) is 11.8 Å². The topological polar surface area (TPSA) is 66.0 Å². The molecule has 0 aliphatic carbocycles. The van der Waals surface area contributed by atoms with E-state index in [2.05, 4.69) is 22.0 Å². The van der Waals surface area contributed by atoms with Crippen LogP contribution in [0, 0.1) is 11.3 Å². The number of halogens is 1. The van der Waals surface area contributed by atoms with E-state index in [9.17, 15) is 9.90 Å². The summed E-state index contributed by atoms with van der Waals surface area (Å²) in [5, 5.41) is 20.3. The molecule has 1 aromatic heterocycles. The molecule has 0 atom stereocenters. The van der Waals surface area contributed by atoms with Crippen molar-refractivity contribution in [3.63, 3.8) is 0 Å². The molecule has 0 saturated carbocycles. The largest absolute Gasteiger partial charge is 0.478 e. The maximum absolute atomic E-state index is 11.7. The summed E-state index contributed by atoms with van der Waals surface area (Å²) in [5.41, 5.74) is 3.43. The Morgan fingerprint density at radius 1 is 1.04 bits per heavy atom. The Kier molecular flexibility index (Phi) is 3.56. The quantitative estimate of drug-likeness (QED) is 0.516. The second kappa shape index (κ2) is 5.76. The molecule has 0 bridgehead atoms. The van der Waals surface area contributed by atoms with Gasteiger partial charge in [-0.05, 0) is 52.3 Å². The van der Waals surface area contributed by atoms with E-state index in [0.29, 0.717) is 15.4 Å². The van der Waals surface area contributed by atoms with Crippen LogP contribution in [0.15, 0.2) is 65.1 Å². The van der Waals surface area contributed by atoms with Crippen molar-refractivity contribution < 1.29 is 9.90 Å². The SMILES string of the molecule is N#Cc1ccc(-n2c3ccccc3c3c(C(=O)O)cccc32)cc1Br. The number of nitrogens with zero attached hydrogens (tertiary/aromatic N) is 2. The highest BCUT2D eigenvalue weighted by atomic mass is 79.9. The lowest BCUT2D eigenvalue weighted by molar-refractivity contribution is 0.0699. The molecule has 5 heteroatoms. The Balaban J connectivity index is 2.17. The van der Waals surface area contributed by atoms with Crippen LogP contribution in [0.25, 0.3) is 27.5 Å². The van der Waals surface area contributed by atoms with Gasteiger partial charge in [-0.15, -0.1) is 0 Å². The molecule has 0 radical (unpaired) electrons. The third-order valence-electron chi connectivity index (χ3n) is 4.26. The summed E-state index contributed by atoms with van der Waals surface area (Å²) < 4.78 is 2.72. The Morgan fingerprint density at radius 3 is 2.52 bits per heavy atom. The minimum absolute atomic E-state index is 0.278. The van der Waals surface area contributed by atoms with Gasteiger partial charge >= 0.3 is 5.97 Å². The third-order valence-corrected chi connectivity index (χ3v) is 4.92. The second-order valence-corrected chi connectivity index (χ2v) is 6.49. The molecule has 4 aromatic rings. The van der Waals surface area contributed by atoms with Gasteiger partial charge in [-0.3, -0.25) is 0 Å². The predicted octanol–water partition coefficient (Wildman–Crippen LogP) is 5.12. The lowest BCUT2D eigenvalue weighted by atomic mass is 10.1. The van der Waals surface area contributed by atoms with E-state index in [1.807, 2.05) is 47.0 Å². The molecule has 4 rings (SSSR count). The normalized spacial score (nSPS) is 10.9. The van der Waals surface area contributed by atoms with Gasteiger partial charge in [-0.1, -0.05) is 24.3 Å². The number of benzene rings is 3. The molecule has 0 fully saturated rings. The third kappa shape index (κ3) is 2.31. The van der Waals surface area contributed by atoms with E-state index in [4.69, 9.17) is 5.26 Å². The van der Waals surface area contributed by atoms with E-state index in [1.54, 1.807) is 18.2 Å². The van der Waals surface area contributed by atoms with E-state index in [0.717, 1.165) is 22.1 Å². The Morgan fingerprint density at radius 2 is 1.80 bits per heavy atom. The van der Waals surface area contributed by atoms with Crippen molar-refractivity contribution in [1.82, 2.24) is 4.57 Å². The van der Waals surface area contributed by atoms with E-state index in [1.165, 1.54) is 0 Å². The number of nitriles is 1. The van der Waals surface area contributed by atoms with Crippen molar-refractivity contribution in [2.45, 2.75) is 0 Å².